The summed E-state index contributed by atoms with van der Waals surface area (Å²) < 4.78 is 8.94. The molecule has 2 heterocycles. The lowest BCUT2D eigenvalue weighted by molar-refractivity contribution is -0.120. The number of hydrogen-bond donors (Lipinski definition) is 1. The van der Waals surface area contributed by atoms with Gasteiger partial charge in [-0.3, -0.25) is 9.59 Å². The molecule has 1 N–H and O–H groups in total. The number of benzene rings is 2. The van der Waals surface area contributed by atoms with Gasteiger partial charge in [-0.2, -0.15) is 5.10 Å². The van der Waals surface area contributed by atoms with Gasteiger partial charge in [-0.15, -0.1) is 0 Å². The van der Waals surface area contributed by atoms with Crippen LogP contribution in [-0.2, 0) is 17.8 Å². The summed E-state index contributed by atoms with van der Waals surface area (Å²) in [4.78, 5) is 25.3. The largest absolute Gasteiger partial charge is 0.496 e. The van der Waals surface area contributed by atoms with Crippen molar-refractivity contribution < 1.29 is 9.53 Å². The predicted molar refractivity (Wildman–Crippen MR) is 122 cm³/mol. The summed E-state index contributed by atoms with van der Waals surface area (Å²) in [7, 11) is 1.66. The van der Waals surface area contributed by atoms with Crippen molar-refractivity contribution in [3.8, 4) is 5.75 Å². The van der Waals surface area contributed by atoms with Crippen molar-refractivity contribution in [2.24, 2.45) is 0 Å². The zero-order chi connectivity index (χ0) is 22.0. The normalized spacial score (nSPS) is 11.4. The van der Waals surface area contributed by atoms with Gasteiger partial charge in [0.1, 0.15) is 5.75 Å². The highest BCUT2D eigenvalue weighted by Gasteiger charge is 2.15. The summed E-state index contributed by atoms with van der Waals surface area (Å²) in [6.07, 6.45) is 2.11. The third-order valence-corrected chi connectivity index (χ3v) is 5.39. The molecule has 0 saturated carbocycles. The Morgan fingerprint density at radius 1 is 1.06 bits per heavy atom. The van der Waals surface area contributed by atoms with Gasteiger partial charge in [0.15, 0.2) is 0 Å². The molecule has 31 heavy (non-hydrogen) atoms. The smallest absolute Gasteiger partial charge is 0.274 e. The van der Waals surface area contributed by atoms with E-state index >= 15 is 0 Å². The fourth-order valence-corrected chi connectivity index (χ4v) is 3.85. The van der Waals surface area contributed by atoms with Crippen LogP contribution in [0.5, 0.6) is 5.75 Å². The molecule has 0 radical (unpaired) electrons. The molecule has 0 saturated heterocycles. The number of carbonyl (C=O) groups excluding carboxylic acids is 1. The number of rotatable bonds is 7. The number of amides is 1. The van der Waals surface area contributed by atoms with E-state index in [-0.39, 0.29) is 23.9 Å². The lowest BCUT2D eigenvalue weighted by atomic mass is 10.1. The van der Waals surface area contributed by atoms with Crippen LogP contribution in [0.3, 0.4) is 0 Å². The molecule has 4 rings (SSSR count). The molecule has 2 aromatic heterocycles. The molecule has 0 aliphatic rings. The second-order valence-electron chi connectivity index (χ2n) is 7.76. The molecule has 0 aliphatic heterocycles. The monoisotopic (exact) mass is 418 g/mol. The molecule has 0 atom stereocenters. The van der Waals surface area contributed by atoms with Gasteiger partial charge in [-0.1, -0.05) is 24.3 Å². The molecule has 0 bridgehead atoms. The van der Waals surface area contributed by atoms with Gasteiger partial charge in [0.05, 0.1) is 36.2 Å². The van der Waals surface area contributed by atoms with Crippen LogP contribution in [0.4, 0.5) is 0 Å². The van der Waals surface area contributed by atoms with E-state index in [1.807, 2.05) is 62.5 Å². The maximum Gasteiger partial charge on any atom is 0.274 e. The van der Waals surface area contributed by atoms with Crippen molar-refractivity contribution in [1.29, 1.82) is 0 Å². The van der Waals surface area contributed by atoms with Crippen LogP contribution in [0.15, 0.2) is 59.5 Å². The zero-order valence-electron chi connectivity index (χ0n) is 18.0. The van der Waals surface area contributed by atoms with E-state index in [1.165, 1.54) is 4.68 Å². The lowest BCUT2D eigenvalue weighted by Crippen LogP contribution is -2.31. The van der Waals surface area contributed by atoms with Crippen molar-refractivity contribution >= 4 is 27.6 Å². The minimum Gasteiger partial charge on any atom is -0.496 e. The van der Waals surface area contributed by atoms with Gasteiger partial charge in [-0.05, 0) is 38.1 Å². The highest BCUT2D eigenvalue weighted by Crippen LogP contribution is 2.26. The molecule has 0 fully saturated rings. The number of methoxy groups -OCH3 is 1. The number of ether oxygens (including phenoxy) is 1. The van der Waals surface area contributed by atoms with Crippen molar-refractivity contribution in [2.45, 2.75) is 32.9 Å². The van der Waals surface area contributed by atoms with Gasteiger partial charge in [0.25, 0.3) is 5.56 Å². The van der Waals surface area contributed by atoms with E-state index < -0.39 is 0 Å². The quantitative estimate of drug-likeness (QED) is 0.500. The molecule has 0 unspecified atom stereocenters. The first-order valence-corrected chi connectivity index (χ1v) is 10.4. The summed E-state index contributed by atoms with van der Waals surface area (Å²) in [6.45, 7) is 4.94. The number of carbonyl (C=O) groups is 1. The van der Waals surface area contributed by atoms with Gasteiger partial charge >= 0.3 is 0 Å². The third-order valence-electron chi connectivity index (χ3n) is 5.39. The predicted octanol–water partition coefficient (Wildman–Crippen LogP) is 3.30. The second-order valence-corrected chi connectivity index (χ2v) is 7.76. The zero-order valence-corrected chi connectivity index (χ0v) is 18.0. The first-order chi connectivity index (χ1) is 15.0. The van der Waals surface area contributed by atoms with Crippen LogP contribution >= 0.6 is 0 Å². The average molecular weight is 418 g/mol. The molecule has 0 aliphatic carbocycles. The van der Waals surface area contributed by atoms with Crippen molar-refractivity contribution in [1.82, 2.24) is 19.7 Å². The Labute approximate surface area is 180 Å². The Balaban J connectivity index is 1.48. The number of aromatic nitrogens is 3. The lowest BCUT2D eigenvalue weighted by Gasteiger charge is -2.14. The Bertz CT molecular complexity index is 1300. The number of hydrogen-bond acceptors (Lipinski definition) is 4. The fourth-order valence-electron chi connectivity index (χ4n) is 3.85. The van der Waals surface area contributed by atoms with E-state index in [1.54, 1.807) is 13.2 Å². The topological polar surface area (TPSA) is 78.2 Å². The standard InChI is InChI=1S/C24H26N4O3/c1-16(2)28-24(30)18-8-5-4-7-17(18)20(26-28)15-23(29)25-12-14-27-13-11-19-21(27)9-6-10-22(19)31-3/h4-11,13,16H,12,14-15H2,1-3H3,(H,25,29). The Morgan fingerprint density at radius 2 is 1.84 bits per heavy atom. The van der Waals surface area contributed by atoms with Crippen LogP contribution in [-0.4, -0.2) is 33.9 Å². The Morgan fingerprint density at radius 3 is 2.58 bits per heavy atom. The summed E-state index contributed by atoms with van der Waals surface area (Å²) in [5, 5.41) is 9.81. The van der Waals surface area contributed by atoms with E-state index in [0.29, 0.717) is 24.2 Å². The minimum atomic E-state index is -0.135. The highest BCUT2D eigenvalue weighted by molar-refractivity contribution is 5.88. The Hall–Kier alpha value is -3.61. The van der Waals surface area contributed by atoms with E-state index in [9.17, 15) is 9.59 Å². The van der Waals surface area contributed by atoms with Gasteiger partial charge < -0.3 is 14.6 Å². The van der Waals surface area contributed by atoms with Crippen LogP contribution in [0.25, 0.3) is 21.7 Å². The summed E-state index contributed by atoms with van der Waals surface area (Å²) in [5.74, 6) is 0.708. The van der Waals surface area contributed by atoms with Crippen LogP contribution < -0.4 is 15.6 Å². The van der Waals surface area contributed by atoms with Crippen molar-refractivity contribution in [3.05, 3.63) is 70.8 Å². The van der Waals surface area contributed by atoms with Crippen molar-refractivity contribution in [2.75, 3.05) is 13.7 Å². The Kier molecular flexibility index (Phi) is 5.75. The van der Waals surface area contributed by atoms with Gasteiger partial charge in [-0.25, -0.2) is 4.68 Å². The summed E-state index contributed by atoms with van der Waals surface area (Å²) in [5.41, 5.74) is 1.53. The minimum absolute atomic E-state index is 0.0852. The van der Waals surface area contributed by atoms with E-state index in [2.05, 4.69) is 15.0 Å². The van der Waals surface area contributed by atoms with Gasteiger partial charge in [0, 0.05) is 30.1 Å². The van der Waals surface area contributed by atoms with Crippen LogP contribution in [0.1, 0.15) is 25.6 Å². The molecular weight excluding hydrogens is 392 g/mol. The number of fused-ring (bicyclic) bond motifs is 2. The highest BCUT2D eigenvalue weighted by atomic mass is 16.5. The van der Waals surface area contributed by atoms with Crippen LogP contribution in [0.2, 0.25) is 0 Å². The summed E-state index contributed by atoms with van der Waals surface area (Å²) in [6, 6.07) is 15.2. The number of nitrogens with zero attached hydrogens (tertiary/aromatic N) is 3. The molecule has 1 amide bonds. The number of nitrogens with one attached hydrogen (secondary N) is 1. The maximum atomic E-state index is 12.7. The first kappa shape index (κ1) is 20.7. The molecule has 7 heteroatoms. The molecule has 7 nitrogen and oxygen atoms in total. The van der Waals surface area contributed by atoms with Crippen molar-refractivity contribution in [3.63, 3.8) is 0 Å². The fraction of sp³-hybridized carbons (Fsp3) is 0.292. The molecule has 160 valence electrons. The van der Waals surface area contributed by atoms with Crippen LogP contribution in [0, 0.1) is 0 Å². The van der Waals surface area contributed by atoms with E-state index in [4.69, 9.17) is 4.74 Å². The average Bonchev–Trinajstić information content (AvgIpc) is 3.19. The molecule has 2 aromatic carbocycles. The first-order valence-electron chi connectivity index (χ1n) is 10.4. The third kappa shape index (κ3) is 4.03. The molecule has 4 aromatic rings. The molecule has 0 spiro atoms. The van der Waals surface area contributed by atoms with E-state index in [0.717, 1.165) is 22.0 Å². The SMILES string of the molecule is COc1cccc2c1ccn2CCNC(=O)Cc1nn(C(C)C)c(=O)c2ccccc12. The summed E-state index contributed by atoms with van der Waals surface area (Å²) >= 11 is 0. The molecular formula is C24H26N4O3. The maximum absolute atomic E-state index is 12.7. The second kappa shape index (κ2) is 8.63. The van der Waals surface area contributed by atoms with Gasteiger partial charge in [0.2, 0.25) is 5.91 Å².